The van der Waals surface area contributed by atoms with Gasteiger partial charge in [-0.15, -0.1) is 11.3 Å². The van der Waals surface area contributed by atoms with Crippen LogP contribution in [-0.2, 0) is 11.2 Å². The number of halogens is 2. The Balaban J connectivity index is 1.61. The second-order valence-electron chi connectivity index (χ2n) is 6.50. The van der Waals surface area contributed by atoms with Crippen LogP contribution in [-0.4, -0.2) is 28.7 Å². The molecule has 150 valence electrons. The van der Waals surface area contributed by atoms with Crippen molar-refractivity contribution in [3.05, 3.63) is 82.4 Å². The highest BCUT2D eigenvalue weighted by molar-refractivity contribution is 7.14. The van der Waals surface area contributed by atoms with Crippen molar-refractivity contribution in [3.63, 3.8) is 0 Å². The number of nitrogens with zero attached hydrogens (tertiary/aromatic N) is 2. The quantitative estimate of drug-likeness (QED) is 0.648. The first-order valence-electron chi connectivity index (χ1n) is 8.86. The molecule has 1 atom stereocenters. The second-order valence-corrected chi connectivity index (χ2v) is 7.35. The molecule has 1 unspecified atom stereocenters. The summed E-state index contributed by atoms with van der Waals surface area (Å²) in [5, 5.41) is 4.81. The SMILES string of the molecule is CC(c1ccc(F)c(F)c1)N(C)C(=O)Cc1csc(NC(=O)c2ccccc2)n1. The van der Waals surface area contributed by atoms with Crippen LogP contribution in [0.2, 0.25) is 0 Å². The van der Waals surface area contributed by atoms with Crippen molar-refractivity contribution in [2.24, 2.45) is 0 Å². The predicted molar refractivity (Wildman–Crippen MR) is 108 cm³/mol. The molecule has 0 aliphatic rings. The minimum atomic E-state index is -0.950. The van der Waals surface area contributed by atoms with Gasteiger partial charge in [-0.2, -0.15) is 0 Å². The van der Waals surface area contributed by atoms with Gasteiger partial charge in [0.05, 0.1) is 18.2 Å². The predicted octanol–water partition coefficient (Wildman–Crippen LogP) is 4.44. The van der Waals surface area contributed by atoms with Crippen LogP contribution in [0.1, 0.15) is 34.6 Å². The summed E-state index contributed by atoms with van der Waals surface area (Å²) in [5.41, 5.74) is 1.53. The van der Waals surface area contributed by atoms with E-state index in [0.29, 0.717) is 22.0 Å². The third kappa shape index (κ3) is 5.03. The average molecular weight is 415 g/mol. The number of thiazole rings is 1. The van der Waals surface area contributed by atoms with Crippen molar-refractivity contribution in [2.75, 3.05) is 12.4 Å². The van der Waals surface area contributed by atoms with E-state index in [9.17, 15) is 18.4 Å². The lowest BCUT2D eigenvalue weighted by molar-refractivity contribution is -0.131. The molecule has 5 nitrogen and oxygen atoms in total. The average Bonchev–Trinajstić information content (AvgIpc) is 3.16. The number of amides is 2. The molecule has 1 aromatic heterocycles. The maximum absolute atomic E-state index is 13.5. The number of carbonyl (C=O) groups excluding carboxylic acids is 2. The Kier molecular flexibility index (Phi) is 6.33. The molecular formula is C21H19F2N3O2S. The van der Waals surface area contributed by atoms with Gasteiger partial charge in [-0.1, -0.05) is 24.3 Å². The van der Waals surface area contributed by atoms with Gasteiger partial charge in [0.2, 0.25) is 5.91 Å². The van der Waals surface area contributed by atoms with E-state index in [-0.39, 0.29) is 18.2 Å². The fraction of sp³-hybridized carbons (Fsp3) is 0.190. The number of hydrogen-bond acceptors (Lipinski definition) is 4. The molecule has 0 spiro atoms. The smallest absolute Gasteiger partial charge is 0.257 e. The zero-order valence-electron chi connectivity index (χ0n) is 15.9. The Morgan fingerprint density at radius 3 is 2.55 bits per heavy atom. The molecule has 8 heteroatoms. The molecule has 0 radical (unpaired) electrons. The summed E-state index contributed by atoms with van der Waals surface area (Å²) in [6, 6.07) is 11.9. The van der Waals surface area contributed by atoms with E-state index < -0.39 is 17.7 Å². The van der Waals surface area contributed by atoms with Gasteiger partial charge in [0.25, 0.3) is 5.91 Å². The van der Waals surface area contributed by atoms with Crippen molar-refractivity contribution in [3.8, 4) is 0 Å². The number of rotatable bonds is 6. The number of likely N-dealkylation sites (N-methyl/N-ethyl adjacent to an activating group) is 1. The van der Waals surface area contributed by atoms with E-state index in [1.54, 1.807) is 43.6 Å². The van der Waals surface area contributed by atoms with Crippen molar-refractivity contribution in [1.82, 2.24) is 9.88 Å². The summed E-state index contributed by atoms with van der Waals surface area (Å²) in [6.45, 7) is 1.73. The highest BCUT2D eigenvalue weighted by Crippen LogP contribution is 2.23. The van der Waals surface area contributed by atoms with Gasteiger partial charge >= 0.3 is 0 Å². The third-order valence-electron chi connectivity index (χ3n) is 4.54. The van der Waals surface area contributed by atoms with Crippen LogP contribution in [0.3, 0.4) is 0 Å². The summed E-state index contributed by atoms with van der Waals surface area (Å²) in [7, 11) is 1.60. The number of benzene rings is 2. The Morgan fingerprint density at radius 2 is 1.86 bits per heavy atom. The third-order valence-corrected chi connectivity index (χ3v) is 5.35. The van der Waals surface area contributed by atoms with Gasteiger partial charge in [-0.3, -0.25) is 14.9 Å². The summed E-state index contributed by atoms with van der Waals surface area (Å²) in [4.78, 5) is 30.5. The maximum atomic E-state index is 13.5. The van der Waals surface area contributed by atoms with Crippen LogP contribution >= 0.6 is 11.3 Å². The lowest BCUT2D eigenvalue weighted by atomic mass is 10.1. The molecule has 1 N–H and O–H groups in total. The second kappa shape index (κ2) is 8.91. The first-order valence-corrected chi connectivity index (χ1v) is 9.74. The molecule has 29 heavy (non-hydrogen) atoms. The topological polar surface area (TPSA) is 62.3 Å². The summed E-state index contributed by atoms with van der Waals surface area (Å²) in [6.07, 6.45) is 0.0300. The molecule has 0 fully saturated rings. The molecule has 2 aromatic carbocycles. The van der Waals surface area contributed by atoms with E-state index >= 15 is 0 Å². The minimum Gasteiger partial charge on any atom is -0.339 e. The maximum Gasteiger partial charge on any atom is 0.257 e. The van der Waals surface area contributed by atoms with Gasteiger partial charge < -0.3 is 4.90 Å². The largest absolute Gasteiger partial charge is 0.339 e. The standard InChI is InChI=1S/C21H19F2N3O2S/c1-13(15-8-9-17(22)18(23)10-15)26(2)19(27)11-16-12-29-21(24-16)25-20(28)14-6-4-3-5-7-14/h3-10,12-13H,11H2,1-2H3,(H,24,25,28). The molecule has 3 rings (SSSR count). The lowest BCUT2D eigenvalue weighted by Crippen LogP contribution is -2.31. The van der Waals surface area contributed by atoms with E-state index in [4.69, 9.17) is 0 Å². The van der Waals surface area contributed by atoms with Gasteiger partial charge in [-0.05, 0) is 36.8 Å². The Bertz CT molecular complexity index is 1020. The van der Waals surface area contributed by atoms with Gasteiger partial charge in [0.1, 0.15) is 0 Å². The van der Waals surface area contributed by atoms with Crippen LogP contribution in [0.4, 0.5) is 13.9 Å². The summed E-state index contributed by atoms with van der Waals surface area (Å²) in [5.74, 6) is -2.38. The van der Waals surface area contributed by atoms with Gasteiger partial charge in [-0.25, -0.2) is 13.8 Å². The number of nitrogens with one attached hydrogen (secondary N) is 1. The zero-order valence-corrected chi connectivity index (χ0v) is 16.7. The number of carbonyl (C=O) groups is 2. The molecule has 0 bridgehead atoms. The molecule has 2 amide bonds. The molecule has 1 heterocycles. The molecule has 0 aliphatic carbocycles. The Morgan fingerprint density at radius 1 is 1.14 bits per heavy atom. The summed E-state index contributed by atoms with van der Waals surface area (Å²) >= 11 is 1.23. The van der Waals surface area contributed by atoms with Crippen LogP contribution < -0.4 is 5.32 Å². The number of hydrogen-bond donors (Lipinski definition) is 1. The fourth-order valence-corrected chi connectivity index (χ4v) is 3.40. The van der Waals surface area contributed by atoms with Crippen LogP contribution in [0.25, 0.3) is 0 Å². The molecular weight excluding hydrogens is 396 g/mol. The van der Waals surface area contributed by atoms with Crippen LogP contribution in [0.15, 0.2) is 53.9 Å². The van der Waals surface area contributed by atoms with E-state index in [2.05, 4.69) is 10.3 Å². The van der Waals surface area contributed by atoms with Crippen LogP contribution in [0, 0.1) is 11.6 Å². The lowest BCUT2D eigenvalue weighted by Gasteiger charge is -2.25. The number of anilines is 1. The molecule has 0 saturated carbocycles. The van der Waals surface area contributed by atoms with Gasteiger partial charge in [0.15, 0.2) is 16.8 Å². The molecule has 0 saturated heterocycles. The van der Waals surface area contributed by atoms with E-state index in [1.807, 2.05) is 6.07 Å². The Labute approximate surface area is 171 Å². The van der Waals surface area contributed by atoms with Crippen molar-refractivity contribution in [1.29, 1.82) is 0 Å². The van der Waals surface area contributed by atoms with E-state index in [0.717, 1.165) is 12.1 Å². The number of aromatic nitrogens is 1. The molecule has 0 aliphatic heterocycles. The van der Waals surface area contributed by atoms with Crippen molar-refractivity contribution in [2.45, 2.75) is 19.4 Å². The Hall–Kier alpha value is -3.13. The molecule has 3 aromatic rings. The highest BCUT2D eigenvalue weighted by Gasteiger charge is 2.20. The van der Waals surface area contributed by atoms with Crippen molar-refractivity contribution >= 4 is 28.3 Å². The normalized spacial score (nSPS) is 11.7. The monoisotopic (exact) mass is 415 g/mol. The first-order chi connectivity index (χ1) is 13.8. The summed E-state index contributed by atoms with van der Waals surface area (Å²) < 4.78 is 26.6. The highest BCUT2D eigenvalue weighted by atomic mass is 32.1. The van der Waals surface area contributed by atoms with Crippen LogP contribution in [0.5, 0.6) is 0 Å². The minimum absolute atomic E-state index is 0.0300. The fourth-order valence-electron chi connectivity index (χ4n) is 2.70. The van der Waals surface area contributed by atoms with E-state index in [1.165, 1.54) is 22.3 Å². The van der Waals surface area contributed by atoms with Gasteiger partial charge in [0, 0.05) is 18.0 Å². The van der Waals surface area contributed by atoms with Crippen molar-refractivity contribution < 1.29 is 18.4 Å². The zero-order chi connectivity index (χ0) is 21.0. The first kappa shape index (κ1) is 20.6.